The van der Waals surface area contributed by atoms with Crippen molar-refractivity contribution < 1.29 is 38.4 Å². The number of nitrogens with zero attached hydrogens (tertiary/aromatic N) is 2. The summed E-state index contributed by atoms with van der Waals surface area (Å²) in [6, 6.07) is 16.8. The molecule has 2 atom stereocenters. The second kappa shape index (κ2) is 10.3. The summed E-state index contributed by atoms with van der Waals surface area (Å²) in [5.41, 5.74) is 3.06. The molecule has 3 N–H and O–H groups in total. The van der Waals surface area contributed by atoms with E-state index in [9.17, 15) is 18.4 Å². The third-order valence-electron chi connectivity index (χ3n) is 6.48. The first-order valence-corrected chi connectivity index (χ1v) is 11.8. The maximum Gasteiger partial charge on any atom is 0.387 e. The maximum absolute atomic E-state index is 12.9. The molecule has 196 valence electrons. The molecule has 2 bridgehead atoms. The van der Waals surface area contributed by atoms with Crippen molar-refractivity contribution in [1.82, 2.24) is 9.55 Å². The number of carboxylic acids is 1. The highest BCUT2D eigenvalue weighted by atomic mass is 35.5. The second-order valence-corrected chi connectivity index (χ2v) is 9.06. The van der Waals surface area contributed by atoms with Crippen LogP contribution in [0.15, 0.2) is 60.7 Å². The summed E-state index contributed by atoms with van der Waals surface area (Å²) in [7, 11) is 0. The van der Waals surface area contributed by atoms with E-state index in [0.29, 0.717) is 0 Å². The molecule has 0 saturated carbocycles. The first kappa shape index (κ1) is 25.4. The topological polar surface area (TPSA) is 123 Å². The van der Waals surface area contributed by atoms with Crippen LogP contribution in [0.3, 0.4) is 0 Å². The van der Waals surface area contributed by atoms with E-state index in [-0.39, 0.29) is 33.9 Å². The molecule has 2 aliphatic heterocycles. The SMILES string of the molecule is FC(F)Oc1cccc2c1C1CC(CN2)c2nc3ccccc3n21.O=C(O)c1ccc(Cl)cc1C(=O)OO. The van der Waals surface area contributed by atoms with Crippen molar-refractivity contribution in [3.63, 3.8) is 0 Å². The number of carbonyl (C=O) groups excluding carboxylic acids is 1. The molecular weight excluding hydrogens is 524 g/mol. The van der Waals surface area contributed by atoms with Crippen molar-refractivity contribution >= 4 is 40.3 Å². The van der Waals surface area contributed by atoms with Gasteiger partial charge in [-0.1, -0.05) is 29.8 Å². The van der Waals surface area contributed by atoms with Crippen LogP contribution in [0.25, 0.3) is 11.0 Å². The Kier molecular flexibility index (Phi) is 6.87. The van der Waals surface area contributed by atoms with E-state index in [2.05, 4.69) is 14.8 Å². The van der Waals surface area contributed by atoms with Crippen LogP contribution in [0.1, 0.15) is 50.5 Å². The van der Waals surface area contributed by atoms with Crippen molar-refractivity contribution in [2.45, 2.75) is 25.0 Å². The number of alkyl halides is 2. The average molecular weight is 544 g/mol. The summed E-state index contributed by atoms with van der Waals surface area (Å²) in [5, 5.41) is 20.3. The van der Waals surface area contributed by atoms with Crippen molar-refractivity contribution in [1.29, 1.82) is 0 Å². The molecule has 0 amide bonds. The number of benzene rings is 3. The molecule has 38 heavy (non-hydrogen) atoms. The second-order valence-electron chi connectivity index (χ2n) is 8.63. The number of imidazole rings is 1. The minimum atomic E-state index is -2.84. The minimum Gasteiger partial charge on any atom is -0.478 e. The molecule has 3 aromatic carbocycles. The Morgan fingerprint density at radius 1 is 1.11 bits per heavy atom. The van der Waals surface area contributed by atoms with Crippen molar-refractivity contribution in [2.24, 2.45) is 0 Å². The molecule has 0 radical (unpaired) electrons. The maximum atomic E-state index is 12.9. The number of nitrogens with one attached hydrogen (secondary N) is 1. The van der Waals surface area contributed by atoms with Crippen molar-refractivity contribution in [3.05, 3.63) is 88.2 Å². The number of aromatic nitrogens is 2. The highest BCUT2D eigenvalue weighted by Crippen LogP contribution is 2.49. The Bertz CT molecular complexity index is 1540. The normalized spacial score (nSPS) is 17.0. The Hall–Kier alpha value is -4.22. The van der Waals surface area contributed by atoms with E-state index in [0.717, 1.165) is 53.2 Å². The van der Waals surface area contributed by atoms with Gasteiger partial charge in [0.25, 0.3) is 0 Å². The predicted molar refractivity (Wildman–Crippen MR) is 133 cm³/mol. The molecule has 3 heterocycles. The Morgan fingerprint density at radius 2 is 1.89 bits per heavy atom. The van der Waals surface area contributed by atoms with Gasteiger partial charge < -0.3 is 19.7 Å². The minimum absolute atomic E-state index is 0.0441. The summed E-state index contributed by atoms with van der Waals surface area (Å²) in [6.07, 6.45) is 0.844. The smallest absolute Gasteiger partial charge is 0.387 e. The van der Waals surface area contributed by atoms with Crippen LogP contribution in [0, 0.1) is 0 Å². The molecule has 6 rings (SSSR count). The summed E-state index contributed by atoms with van der Waals surface area (Å²) in [6.45, 7) is -2.10. The summed E-state index contributed by atoms with van der Waals surface area (Å²) < 4.78 is 32.7. The van der Waals surface area contributed by atoms with Crippen LogP contribution in [0.5, 0.6) is 5.75 Å². The lowest BCUT2D eigenvalue weighted by atomic mass is 9.99. The van der Waals surface area contributed by atoms with Gasteiger partial charge in [-0.25, -0.2) is 14.6 Å². The van der Waals surface area contributed by atoms with Gasteiger partial charge >= 0.3 is 18.6 Å². The Morgan fingerprint density at radius 3 is 2.63 bits per heavy atom. The van der Waals surface area contributed by atoms with Crippen LogP contribution < -0.4 is 10.1 Å². The number of carbonyl (C=O) groups is 2. The van der Waals surface area contributed by atoms with Gasteiger partial charge in [-0.2, -0.15) is 14.0 Å². The molecule has 2 aliphatic rings. The Balaban J connectivity index is 0.000000181. The molecule has 0 fully saturated rings. The van der Waals surface area contributed by atoms with Gasteiger partial charge in [-0.3, -0.25) is 4.89 Å². The van der Waals surface area contributed by atoms with Gasteiger partial charge in [0.05, 0.1) is 28.2 Å². The van der Waals surface area contributed by atoms with Crippen LogP contribution in [0.2, 0.25) is 5.02 Å². The number of halogens is 3. The third-order valence-corrected chi connectivity index (χ3v) is 6.71. The number of ether oxygens (including phenoxy) is 1. The fourth-order valence-electron chi connectivity index (χ4n) is 4.98. The quantitative estimate of drug-likeness (QED) is 0.218. The van der Waals surface area contributed by atoms with E-state index in [1.165, 1.54) is 6.07 Å². The highest BCUT2D eigenvalue weighted by Gasteiger charge is 2.39. The zero-order valence-electron chi connectivity index (χ0n) is 19.5. The molecule has 0 spiro atoms. The zero-order chi connectivity index (χ0) is 27.0. The molecule has 4 aromatic rings. The third kappa shape index (κ3) is 4.61. The number of para-hydroxylation sites is 2. The van der Waals surface area contributed by atoms with Crippen LogP contribution in [-0.2, 0) is 4.89 Å². The number of rotatable bonds is 4. The first-order valence-electron chi connectivity index (χ1n) is 11.5. The molecule has 12 heteroatoms. The summed E-state index contributed by atoms with van der Waals surface area (Å²) in [5.74, 6) is -0.946. The van der Waals surface area contributed by atoms with E-state index in [1.54, 1.807) is 12.1 Å². The monoisotopic (exact) mass is 543 g/mol. The lowest BCUT2D eigenvalue weighted by molar-refractivity contribution is -0.182. The Labute approximate surface area is 219 Å². The lowest BCUT2D eigenvalue weighted by Gasteiger charge is -2.22. The van der Waals surface area contributed by atoms with Crippen LogP contribution >= 0.6 is 11.6 Å². The molecule has 2 unspecified atom stereocenters. The number of fused-ring (bicyclic) bond motifs is 9. The fourth-order valence-corrected chi connectivity index (χ4v) is 5.15. The average Bonchev–Trinajstić information content (AvgIpc) is 3.36. The van der Waals surface area contributed by atoms with Gasteiger partial charge in [0.15, 0.2) is 0 Å². The van der Waals surface area contributed by atoms with Crippen LogP contribution in [-0.4, -0.2) is 45.0 Å². The van der Waals surface area contributed by atoms with E-state index >= 15 is 0 Å². The van der Waals surface area contributed by atoms with Crippen molar-refractivity contribution in [3.8, 4) is 5.75 Å². The number of carboxylic acid groups (broad SMARTS) is 1. The lowest BCUT2D eigenvalue weighted by Crippen LogP contribution is -2.15. The number of hydrogen-bond donors (Lipinski definition) is 3. The number of anilines is 1. The predicted octanol–water partition coefficient (Wildman–Crippen LogP) is 5.81. The molecular formula is C26H20ClF2N3O6. The first-order chi connectivity index (χ1) is 18.3. The van der Waals surface area contributed by atoms with E-state index < -0.39 is 18.6 Å². The van der Waals surface area contributed by atoms with Gasteiger partial charge in [-0.15, -0.1) is 0 Å². The van der Waals surface area contributed by atoms with E-state index in [4.69, 9.17) is 31.7 Å². The summed E-state index contributed by atoms with van der Waals surface area (Å²) >= 11 is 5.54. The number of hydrogen-bond acceptors (Lipinski definition) is 7. The molecule has 1 aromatic heterocycles. The van der Waals surface area contributed by atoms with E-state index in [1.807, 2.05) is 30.3 Å². The molecule has 0 saturated heterocycles. The molecule has 0 aliphatic carbocycles. The van der Waals surface area contributed by atoms with Crippen molar-refractivity contribution in [2.75, 3.05) is 11.9 Å². The largest absolute Gasteiger partial charge is 0.478 e. The standard InChI is InChI=1S/C18H15F2N3O.C8H5ClO5/c19-18(20)24-15-7-3-5-12-16(15)14-8-10(9-21-12)17-22-11-4-1-2-6-13(11)23(14)17;9-4-1-2-5(7(10)11)6(3-4)8(12)14-13/h1-7,10,14,18,21H,8-9H2;1-3,13H,(H,10,11). The van der Waals surface area contributed by atoms with Gasteiger partial charge in [0.2, 0.25) is 0 Å². The zero-order valence-corrected chi connectivity index (χ0v) is 20.2. The number of aromatic carboxylic acids is 1. The van der Waals surface area contributed by atoms with Crippen LogP contribution in [0.4, 0.5) is 14.5 Å². The highest BCUT2D eigenvalue weighted by molar-refractivity contribution is 6.31. The van der Waals surface area contributed by atoms with Gasteiger partial charge in [0, 0.05) is 28.7 Å². The fraction of sp³-hybridized carbons (Fsp3) is 0.192. The van der Waals surface area contributed by atoms with Gasteiger partial charge in [0.1, 0.15) is 11.6 Å². The summed E-state index contributed by atoms with van der Waals surface area (Å²) in [4.78, 5) is 29.7. The van der Waals surface area contributed by atoms with Gasteiger partial charge in [-0.05, 0) is 48.9 Å². The molecule has 9 nitrogen and oxygen atoms in total.